The maximum atomic E-state index is 6.48. The zero-order valence-corrected chi connectivity index (χ0v) is 26.9. The Labute approximate surface area is 287 Å². The van der Waals surface area contributed by atoms with E-state index in [0.717, 1.165) is 66.0 Å². The quantitative estimate of drug-likeness (QED) is 0.188. The molecule has 0 amide bonds. The summed E-state index contributed by atoms with van der Waals surface area (Å²) in [5, 5.41) is 4.45. The topological polar surface area (TPSA) is 56.7 Å². The van der Waals surface area contributed by atoms with Gasteiger partial charge in [0.15, 0.2) is 11.6 Å². The van der Waals surface area contributed by atoms with Crippen LogP contribution in [0.2, 0.25) is 0 Å². The van der Waals surface area contributed by atoms with Crippen molar-refractivity contribution < 1.29 is 4.42 Å². The van der Waals surface area contributed by atoms with Gasteiger partial charge >= 0.3 is 0 Å². The Morgan fingerprint density at radius 2 is 1.00 bits per heavy atom. The van der Waals surface area contributed by atoms with Crippen LogP contribution < -0.4 is 0 Å². The van der Waals surface area contributed by atoms with Gasteiger partial charge in [-0.25, -0.2) is 4.98 Å². The predicted molar refractivity (Wildman–Crippen MR) is 203 cm³/mol. The van der Waals surface area contributed by atoms with Crippen LogP contribution in [0.15, 0.2) is 174 Å². The summed E-state index contributed by atoms with van der Waals surface area (Å²) < 4.78 is 8.67. The van der Waals surface area contributed by atoms with E-state index < -0.39 is 0 Å². The maximum absolute atomic E-state index is 6.48. The van der Waals surface area contributed by atoms with Gasteiger partial charge in [-0.15, -0.1) is 0 Å². The Kier molecular flexibility index (Phi) is 6.42. The Morgan fingerprint density at radius 3 is 1.72 bits per heavy atom. The molecule has 5 nitrogen and oxygen atoms in total. The summed E-state index contributed by atoms with van der Waals surface area (Å²) in [5.74, 6) is 1.81. The fourth-order valence-electron chi connectivity index (χ4n) is 7.11. The van der Waals surface area contributed by atoms with Gasteiger partial charge in [-0.2, -0.15) is 9.97 Å². The third-order valence-electron chi connectivity index (χ3n) is 9.47. The van der Waals surface area contributed by atoms with Crippen molar-refractivity contribution in [2.24, 2.45) is 0 Å². The van der Waals surface area contributed by atoms with Gasteiger partial charge in [0.2, 0.25) is 5.95 Å². The second-order valence-corrected chi connectivity index (χ2v) is 12.5. The van der Waals surface area contributed by atoms with Gasteiger partial charge in [0, 0.05) is 38.2 Å². The number of benzene rings is 7. The fraction of sp³-hybridized carbons (Fsp3) is 0. The molecular weight excluding hydrogens is 613 g/mol. The second kappa shape index (κ2) is 11.4. The zero-order valence-electron chi connectivity index (χ0n) is 26.9. The van der Waals surface area contributed by atoms with Gasteiger partial charge in [0.1, 0.15) is 11.2 Å². The molecule has 7 aromatic carbocycles. The predicted octanol–water partition coefficient (Wildman–Crippen LogP) is 11.5. The number of furan rings is 1. The molecule has 3 aromatic heterocycles. The highest BCUT2D eigenvalue weighted by molar-refractivity contribution is 6.14. The molecule has 0 unspecified atom stereocenters. The normalized spacial score (nSPS) is 11.6. The molecule has 0 radical (unpaired) electrons. The standard InChI is InChI=1S/C45H28N4O/c1-4-13-29(14-5-1)32-24-26-40-38(27-32)36-25-23-33(28-41(36)50-40)34-20-12-21-37-35-19-10-11-22-39(35)49(42(34)37)45-47-43(30-15-6-2-7-16-30)46-44(48-45)31-17-8-3-9-18-31/h1-28H. The molecule has 0 saturated carbocycles. The first-order valence-electron chi connectivity index (χ1n) is 16.7. The van der Waals surface area contributed by atoms with Gasteiger partial charge < -0.3 is 4.42 Å². The smallest absolute Gasteiger partial charge is 0.238 e. The van der Waals surface area contributed by atoms with Crippen LogP contribution in [0, 0.1) is 0 Å². The number of para-hydroxylation sites is 2. The Hall–Kier alpha value is -6.85. The minimum Gasteiger partial charge on any atom is -0.456 e. The molecule has 10 rings (SSSR count). The van der Waals surface area contributed by atoms with E-state index in [1.54, 1.807) is 0 Å². The lowest BCUT2D eigenvalue weighted by atomic mass is 9.99. The highest BCUT2D eigenvalue weighted by atomic mass is 16.3. The van der Waals surface area contributed by atoms with E-state index in [9.17, 15) is 0 Å². The maximum Gasteiger partial charge on any atom is 0.238 e. The molecule has 0 bridgehead atoms. The van der Waals surface area contributed by atoms with Crippen LogP contribution in [0.5, 0.6) is 0 Å². The van der Waals surface area contributed by atoms with E-state index >= 15 is 0 Å². The SMILES string of the molecule is c1ccc(-c2ccc3oc4cc(-c5cccc6c7ccccc7n(-c7nc(-c8ccccc8)nc(-c8ccccc8)n7)c56)ccc4c3c2)cc1. The molecule has 0 saturated heterocycles. The van der Waals surface area contributed by atoms with Crippen LogP contribution in [0.1, 0.15) is 0 Å². The van der Waals surface area contributed by atoms with Crippen LogP contribution in [0.25, 0.3) is 94.7 Å². The molecule has 0 N–H and O–H groups in total. The number of aromatic nitrogens is 4. The fourth-order valence-corrected chi connectivity index (χ4v) is 7.11. The van der Waals surface area contributed by atoms with Crippen molar-refractivity contribution in [3.63, 3.8) is 0 Å². The molecule has 10 aromatic rings. The third kappa shape index (κ3) is 4.60. The van der Waals surface area contributed by atoms with Crippen molar-refractivity contribution in [2.75, 3.05) is 0 Å². The van der Waals surface area contributed by atoms with Gasteiger partial charge in [0.05, 0.1) is 11.0 Å². The van der Waals surface area contributed by atoms with Gasteiger partial charge in [0.25, 0.3) is 0 Å². The Balaban J connectivity index is 1.21. The number of hydrogen-bond donors (Lipinski definition) is 0. The molecule has 3 heterocycles. The second-order valence-electron chi connectivity index (χ2n) is 12.5. The highest BCUT2D eigenvalue weighted by Crippen LogP contribution is 2.40. The summed E-state index contributed by atoms with van der Waals surface area (Å²) in [6.45, 7) is 0. The average molecular weight is 641 g/mol. The van der Waals surface area contributed by atoms with Crippen molar-refractivity contribution >= 4 is 43.7 Å². The first-order chi connectivity index (χ1) is 24.8. The Morgan fingerprint density at radius 1 is 0.380 bits per heavy atom. The van der Waals surface area contributed by atoms with Crippen molar-refractivity contribution in [1.29, 1.82) is 0 Å². The summed E-state index contributed by atoms with van der Waals surface area (Å²) in [7, 11) is 0. The summed E-state index contributed by atoms with van der Waals surface area (Å²) in [4.78, 5) is 15.2. The van der Waals surface area contributed by atoms with Crippen molar-refractivity contribution in [3.05, 3.63) is 170 Å². The van der Waals surface area contributed by atoms with Crippen LogP contribution >= 0.6 is 0 Å². The molecular formula is C45H28N4O. The molecule has 0 spiro atoms. The molecule has 0 aliphatic carbocycles. The number of fused-ring (bicyclic) bond motifs is 6. The summed E-state index contributed by atoms with van der Waals surface area (Å²) in [5.41, 5.74) is 10.1. The summed E-state index contributed by atoms with van der Waals surface area (Å²) in [6.07, 6.45) is 0. The molecule has 50 heavy (non-hydrogen) atoms. The lowest BCUT2D eigenvalue weighted by Gasteiger charge is -2.13. The van der Waals surface area contributed by atoms with E-state index in [1.807, 2.05) is 66.7 Å². The minimum atomic E-state index is 0.564. The first kappa shape index (κ1) is 28.2. The van der Waals surface area contributed by atoms with E-state index in [2.05, 4.69) is 108 Å². The number of rotatable bonds is 5. The lowest BCUT2D eigenvalue weighted by Crippen LogP contribution is -2.06. The Bertz CT molecular complexity index is 2800. The molecule has 0 aliphatic heterocycles. The average Bonchev–Trinajstić information content (AvgIpc) is 3.74. The van der Waals surface area contributed by atoms with Crippen LogP contribution in [-0.4, -0.2) is 19.5 Å². The van der Waals surface area contributed by atoms with Gasteiger partial charge in [-0.1, -0.05) is 140 Å². The molecule has 234 valence electrons. The van der Waals surface area contributed by atoms with E-state index in [4.69, 9.17) is 19.4 Å². The summed E-state index contributed by atoms with van der Waals surface area (Å²) >= 11 is 0. The molecule has 0 fully saturated rings. The lowest BCUT2D eigenvalue weighted by molar-refractivity contribution is 0.669. The first-order valence-corrected chi connectivity index (χ1v) is 16.7. The van der Waals surface area contributed by atoms with E-state index in [-0.39, 0.29) is 0 Å². The largest absolute Gasteiger partial charge is 0.456 e. The van der Waals surface area contributed by atoms with Crippen LogP contribution in [-0.2, 0) is 0 Å². The van der Waals surface area contributed by atoms with Crippen LogP contribution in [0.3, 0.4) is 0 Å². The number of nitrogens with zero attached hydrogens (tertiary/aromatic N) is 4. The molecule has 5 heteroatoms. The van der Waals surface area contributed by atoms with Crippen molar-refractivity contribution in [3.8, 4) is 51.0 Å². The van der Waals surface area contributed by atoms with Gasteiger partial charge in [-0.3, -0.25) is 4.57 Å². The zero-order chi connectivity index (χ0) is 33.0. The molecule has 0 aliphatic rings. The van der Waals surface area contributed by atoms with E-state index in [0.29, 0.717) is 17.6 Å². The van der Waals surface area contributed by atoms with Crippen molar-refractivity contribution in [1.82, 2.24) is 19.5 Å². The van der Waals surface area contributed by atoms with Crippen molar-refractivity contribution in [2.45, 2.75) is 0 Å². The molecule has 0 atom stereocenters. The third-order valence-corrected chi connectivity index (χ3v) is 9.47. The number of hydrogen-bond acceptors (Lipinski definition) is 4. The van der Waals surface area contributed by atoms with Crippen LogP contribution in [0.4, 0.5) is 0 Å². The highest BCUT2D eigenvalue weighted by Gasteiger charge is 2.21. The summed E-state index contributed by atoms with van der Waals surface area (Å²) in [6, 6.07) is 58.6. The minimum absolute atomic E-state index is 0.564. The van der Waals surface area contributed by atoms with E-state index in [1.165, 1.54) is 11.1 Å². The van der Waals surface area contributed by atoms with Gasteiger partial charge in [-0.05, 0) is 47.0 Å². The monoisotopic (exact) mass is 640 g/mol.